The van der Waals surface area contributed by atoms with Crippen molar-refractivity contribution in [2.75, 3.05) is 25.6 Å². The maximum Gasteiger partial charge on any atom is 0.0357 e. The van der Waals surface area contributed by atoms with Gasteiger partial charge in [0.1, 0.15) is 0 Å². The summed E-state index contributed by atoms with van der Waals surface area (Å²) in [5.41, 5.74) is 6.44. The highest BCUT2D eigenvalue weighted by Gasteiger charge is 2.43. The molecule has 0 saturated heterocycles. The lowest BCUT2D eigenvalue weighted by Gasteiger charge is -2.52. The van der Waals surface area contributed by atoms with E-state index in [1.807, 2.05) is 11.8 Å². The van der Waals surface area contributed by atoms with Crippen LogP contribution in [0.25, 0.3) is 0 Å². The van der Waals surface area contributed by atoms with E-state index in [9.17, 15) is 0 Å². The fourth-order valence-electron chi connectivity index (χ4n) is 3.58. The van der Waals surface area contributed by atoms with E-state index in [1.165, 1.54) is 31.4 Å². The van der Waals surface area contributed by atoms with E-state index in [0.29, 0.717) is 12.0 Å². The van der Waals surface area contributed by atoms with E-state index in [-0.39, 0.29) is 5.54 Å². The Kier molecular flexibility index (Phi) is 6.49. The lowest BCUT2D eigenvalue weighted by molar-refractivity contribution is -0.00614. The summed E-state index contributed by atoms with van der Waals surface area (Å²) in [4.78, 5) is 2.60. The van der Waals surface area contributed by atoms with Gasteiger partial charge in [0.2, 0.25) is 0 Å². The highest BCUT2D eigenvalue weighted by molar-refractivity contribution is 7.98. The van der Waals surface area contributed by atoms with E-state index in [4.69, 9.17) is 5.73 Å². The van der Waals surface area contributed by atoms with Gasteiger partial charge in [-0.2, -0.15) is 11.8 Å². The molecular formula is C15H32N2S. The predicted molar refractivity (Wildman–Crippen MR) is 84.2 cm³/mol. The van der Waals surface area contributed by atoms with Crippen LogP contribution in [0.3, 0.4) is 0 Å². The van der Waals surface area contributed by atoms with Crippen LogP contribution in [0.1, 0.15) is 46.5 Å². The Morgan fingerprint density at radius 1 is 1.44 bits per heavy atom. The summed E-state index contributed by atoms with van der Waals surface area (Å²) in [7, 11) is 2.30. The molecule has 2 N–H and O–H groups in total. The van der Waals surface area contributed by atoms with Crippen molar-refractivity contribution in [2.45, 2.75) is 58.0 Å². The Hall–Kier alpha value is 0.270. The molecule has 0 aromatic heterocycles. The van der Waals surface area contributed by atoms with Crippen molar-refractivity contribution >= 4 is 11.8 Å². The zero-order valence-electron chi connectivity index (χ0n) is 12.9. The Balaban J connectivity index is 2.73. The van der Waals surface area contributed by atoms with E-state index in [0.717, 1.165) is 12.5 Å². The second kappa shape index (κ2) is 7.16. The van der Waals surface area contributed by atoms with Crippen LogP contribution in [0.15, 0.2) is 0 Å². The molecule has 1 aliphatic carbocycles. The third kappa shape index (κ3) is 3.43. The van der Waals surface area contributed by atoms with Crippen molar-refractivity contribution in [2.24, 2.45) is 17.6 Å². The van der Waals surface area contributed by atoms with Crippen molar-refractivity contribution in [3.63, 3.8) is 0 Å². The molecule has 4 unspecified atom stereocenters. The molecule has 0 aromatic carbocycles. The molecule has 0 heterocycles. The molecule has 0 radical (unpaired) electrons. The summed E-state index contributed by atoms with van der Waals surface area (Å²) in [6.07, 6.45) is 7.39. The van der Waals surface area contributed by atoms with Gasteiger partial charge in [-0.15, -0.1) is 0 Å². The van der Waals surface area contributed by atoms with Gasteiger partial charge in [-0.25, -0.2) is 0 Å². The minimum absolute atomic E-state index is 0.240. The quantitative estimate of drug-likeness (QED) is 0.805. The van der Waals surface area contributed by atoms with Gasteiger partial charge >= 0.3 is 0 Å². The highest BCUT2D eigenvalue weighted by Crippen LogP contribution is 2.40. The first-order valence-electron chi connectivity index (χ1n) is 7.40. The molecule has 18 heavy (non-hydrogen) atoms. The summed E-state index contributed by atoms with van der Waals surface area (Å²) in [6.45, 7) is 7.95. The second-order valence-corrected chi connectivity index (χ2v) is 7.32. The Bertz CT molecular complexity index is 247. The number of hydrogen-bond acceptors (Lipinski definition) is 3. The standard InChI is InChI=1S/C15H32N2S/c1-12-6-8-15(11-16,13(2)10-12)17(4)14(3)7-9-18-5/h12-14H,6-11,16H2,1-5H3. The predicted octanol–water partition coefficient (Wildman–Crippen LogP) is 3.21. The molecule has 0 amide bonds. The number of rotatable bonds is 6. The molecule has 1 fully saturated rings. The Morgan fingerprint density at radius 3 is 2.61 bits per heavy atom. The summed E-state index contributed by atoms with van der Waals surface area (Å²) < 4.78 is 0. The van der Waals surface area contributed by atoms with Crippen molar-refractivity contribution in [1.29, 1.82) is 0 Å². The van der Waals surface area contributed by atoms with Gasteiger partial charge < -0.3 is 5.73 Å². The molecule has 1 rings (SSSR count). The molecule has 0 aliphatic heterocycles. The molecule has 0 aromatic rings. The maximum atomic E-state index is 6.19. The normalized spacial score (nSPS) is 34.8. The molecule has 4 atom stereocenters. The third-order valence-corrected chi connectivity index (χ3v) is 5.84. The monoisotopic (exact) mass is 272 g/mol. The zero-order chi connectivity index (χ0) is 13.8. The van der Waals surface area contributed by atoms with Gasteiger partial charge in [0.15, 0.2) is 0 Å². The van der Waals surface area contributed by atoms with Gasteiger partial charge in [-0.1, -0.05) is 13.8 Å². The first-order chi connectivity index (χ1) is 8.47. The first kappa shape index (κ1) is 16.3. The molecule has 0 bridgehead atoms. The molecule has 0 spiro atoms. The Morgan fingerprint density at radius 2 is 2.11 bits per heavy atom. The largest absolute Gasteiger partial charge is 0.329 e. The molecule has 3 heteroatoms. The SMILES string of the molecule is CSCCC(C)N(C)C1(CN)CCC(C)CC1C. The number of hydrogen-bond donors (Lipinski definition) is 1. The van der Waals surface area contributed by atoms with Crippen LogP contribution in [0, 0.1) is 11.8 Å². The van der Waals surface area contributed by atoms with Crippen LogP contribution in [0.2, 0.25) is 0 Å². The van der Waals surface area contributed by atoms with Crippen molar-refractivity contribution in [3.8, 4) is 0 Å². The summed E-state index contributed by atoms with van der Waals surface area (Å²) in [6, 6.07) is 0.636. The van der Waals surface area contributed by atoms with Crippen LogP contribution in [-0.4, -0.2) is 42.1 Å². The number of nitrogens with two attached hydrogens (primary N) is 1. The van der Waals surface area contributed by atoms with Gasteiger partial charge in [0.05, 0.1) is 0 Å². The second-order valence-electron chi connectivity index (χ2n) is 6.33. The smallest absolute Gasteiger partial charge is 0.0357 e. The topological polar surface area (TPSA) is 29.3 Å². The lowest BCUT2D eigenvalue weighted by atomic mass is 9.68. The molecule has 2 nitrogen and oxygen atoms in total. The van der Waals surface area contributed by atoms with Gasteiger partial charge in [-0.05, 0) is 63.5 Å². The van der Waals surface area contributed by atoms with Crippen LogP contribution in [0.5, 0.6) is 0 Å². The third-order valence-electron chi connectivity index (χ3n) is 5.20. The van der Waals surface area contributed by atoms with E-state index < -0.39 is 0 Å². The Labute approximate surface area is 118 Å². The maximum absolute atomic E-state index is 6.19. The average molecular weight is 273 g/mol. The average Bonchev–Trinajstić information content (AvgIpc) is 2.36. The fourth-order valence-corrected chi connectivity index (χ4v) is 4.15. The van der Waals surface area contributed by atoms with E-state index >= 15 is 0 Å². The minimum Gasteiger partial charge on any atom is -0.329 e. The highest BCUT2D eigenvalue weighted by atomic mass is 32.2. The van der Waals surface area contributed by atoms with Gasteiger partial charge in [0, 0.05) is 18.1 Å². The lowest BCUT2D eigenvalue weighted by Crippen LogP contribution is -2.61. The molecule has 1 saturated carbocycles. The molecular weight excluding hydrogens is 240 g/mol. The molecule has 1 aliphatic rings. The van der Waals surface area contributed by atoms with Gasteiger partial charge in [-0.3, -0.25) is 4.90 Å². The molecule has 108 valence electrons. The van der Waals surface area contributed by atoms with Crippen molar-refractivity contribution < 1.29 is 0 Å². The zero-order valence-corrected chi connectivity index (χ0v) is 13.7. The van der Waals surface area contributed by atoms with E-state index in [1.54, 1.807) is 0 Å². The first-order valence-corrected chi connectivity index (χ1v) is 8.79. The fraction of sp³-hybridized carbons (Fsp3) is 1.00. The van der Waals surface area contributed by atoms with Crippen LogP contribution in [-0.2, 0) is 0 Å². The van der Waals surface area contributed by atoms with Crippen LogP contribution in [0.4, 0.5) is 0 Å². The summed E-state index contributed by atoms with van der Waals surface area (Å²) in [5, 5.41) is 0. The van der Waals surface area contributed by atoms with E-state index in [2.05, 4.69) is 39.0 Å². The summed E-state index contributed by atoms with van der Waals surface area (Å²) in [5.74, 6) is 2.83. The number of nitrogens with zero attached hydrogens (tertiary/aromatic N) is 1. The van der Waals surface area contributed by atoms with Crippen molar-refractivity contribution in [3.05, 3.63) is 0 Å². The summed E-state index contributed by atoms with van der Waals surface area (Å²) >= 11 is 1.94. The van der Waals surface area contributed by atoms with Crippen LogP contribution >= 0.6 is 11.8 Å². The van der Waals surface area contributed by atoms with Gasteiger partial charge in [0.25, 0.3) is 0 Å². The number of thioether (sulfide) groups is 1. The minimum atomic E-state index is 0.240. The van der Waals surface area contributed by atoms with Crippen molar-refractivity contribution in [1.82, 2.24) is 4.90 Å². The van der Waals surface area contributed by atoms with Crippen LogP contribution < -0.4 is 5.73 Å². The number of likely N-dealkylation sites (N-methyl/N-ethyl adjacent to an activating group) is 1.